The first-order valence-electron chi connectivity index (χ1n) is 6.61. The molecule has 3 rings (SSSR count). The summed E-state index contributed by atoms with van der Waals surface area (Å²) in [5.74, 6) is 0. The average molecular weight is 265 g/mol. The maximum atomic E-state index is 12.5. The first kappa shape index (κ1) is 12.5. The van der Waals surface area contributed by atoms with E-state index in [1.807, 2.05) is 49.4 Å². The molecule has 0 aliphatic heterocycles. The highest BCUT2D eigenvalue weighted by molar-refractivity contribution is 5.76. The van der Waals surface area contributed by atoms with Crippen molar-refractivity contribution in [2.45, 2.75) is 19.4 Å². The minimum Gasteiger partial charge on any atom is -0.295 e. The fraction of sp³-hybridized carbons (Fsp3) is 0.188. The fourth-order valence-corrected chi connectivity index (χ4v) is 2.32. The molecule has 4 heteroatoms. The Kier molecular flexibility index (Phi) is 3.29. The molecule has 4 nitrogen and oxygen atoms in total. The van der Waals surface area contributed by atoms with Crippen LogP contribution in [0.1, 0.15) is 18.7 Å². The van der Waals surface area contributed by atoms with Crippen molar-refractivity contribution < 1.29 is 0 Å². The van der Waals surface area contributed by atoms with Crippen molar-refractivity contribution in [2.75, 3.05) is 0 Å². The second-order valence-corrected chi connectivity index (χ2v) is 4.85. The summed E-state index contributed by atoms with van der Waals surface area (Å²) in [5.41, 5.74) is 1.71. The maximum Gasteiger partial charge on any atom is 0.261 e. The lowest BCUT2D eigenvalue weighted by molar-refractivity contribution is 0.518. The molecule has 0 fully saturated rings. The van der Waals surface area contributed by atoms with Crippen molar-refractivity contribution in [3.05, 3.63) is 71.0 Å². The summed E-state index contributed by atoms with van der Waals surface area (Å²) >= 11 is 0. The normalized spacial score (nSPS) is 12.4. The lowest BCUT2D eigenvalue weighted by Gasteiger charge is -2.14. The highest BCUT2D eigenvalue weighted by Crippen LogP contribution is 2.12. The topological polar surface area (TPSA) is 47.8 Å². The number of hydrogen-bond acceptors (Lipinski definition) is 3. The van der Waals surface area contributed by atoms with Gasteiger partial charge >= 0.3 is 0 Å². The molecule has 3 aromatic rings. The van der Waals surface area contributed by atoms with Gasteiger partial charge in [0.05, 0.1) is 17.2 Å². The molecule has 2 heterocycles. The predicted octanol–water partition coefficient (Wildman–Crippen LogP) is 2.60. The molecule has 0 unspecified atom stereocenters. The SMILES string of the molecule is C[C@@H](Cc1ccccn1)n1cnc2ccccc2c1=O. The first-order valence-corrected chi connectivity index (χ1v) is 6.61. The van der Waals surface area contributed by atoms with Gasteiger partial charge in [0, 0.05) is 24.4 Å². The van der Waals surface area contributed by atoms with Crippen LogP contribution in [0.3, 0.4) is 0 Å². The third-order valence-corrected chi connectivity index (χ3v) is 3.40. The summed E-state index contributed by atoms with van der Waals surface area (Å²) in [4.78, 5) is 21.1. The maximum absolute atomic E-state index is 12.5. The molecule has 1 aromatic carbocycles. The summed E-state index contributed by atoms with van der Waals surface area (Å²) < 4.78 is 1.68. The van der Waals surface area contributed by atoms with Crippen LogP contribution in [0.5, 0.6) is 0 Å². The van der Waals surface area contributed by atoms with E-state index < -0.39 is 0 Å². The van der Waals surface area contributed by atoms with Gasteiger partial charge in [0.25, 0.3) is 5.56 Å². The summed E-state index contributed by atoms with van der Waals surface area (Å²) in [6, 6.07) is 13.2. The van der Waals surface area contributed by atoms with E-state index in [2.05, 4.69) is 9.97 Å². The second-order valence-electron chi connectivity index (χ2n) is 4.85. The number of hydrogen-bond donors (Lipinski definition) is 0. The van der Waals surface area contributed by atoms with Gasteiger partial charge < -0.3 is 0 Å². The summed E-state index contributed by atoms with van der Waals surface area (Å²) in [6.45, 7) is 2.01. The van der Waals surface area contributed by atoms with Crippen molar-refractivity contribution in [3.8, 4) is 0 Å². The molecule has 100 valence electrons. The quantitative estimate of drug-likeness (QED) is 0.731. The first-order chi connectivity index (χ1) is 9.75. The fourth-order valence-electron chi connectivity index (χ4n) is 2.32. The van der Waals surface area contributed by atoms with Gasteiger partial charge in [-0.3, -0.25) is 14.3 Å². The summed E-state index contributed by atoms with van der Waals surface area (Å²) in [6.07, 6.45) is 4.10. The minimum absolute atomic E-state index is 0.000897. The monoisotopic (exact) mass is 265 g/mol. The number of benzene rings is 1. The number of fused-ring (bicyclic) bond motifs is 1. The molecular weight excluding hydrogens is 250 g/mol. The molecule has 20 heavy (non-hydrogen) atoms. The van der Waals surface area contributed by atoms with E-state index in [1.165, 1.54) is 0 Å². The molecule has 0 saturated carbocycles. The highest BCUT2D eigenvalue weighted by atomic mass is 16.1. The van der Waals surface area contributed by atoms with Crippen LogP contribution in [0.2, 0.25) is 0 Å². The third-order valence-electron chi connectivity index (χ3n) is 3.40. The number of pyridine rings is 1. The molecule has 0 amide bonds. The van der Waals surface area contributed by atoms with Crippen molar-refractivity contribution in [1.82, 2.24) is 14.5 Å². The van der Waals surface area contributed by atoms with E-state index >= 15 is 0 Å². The van der Waals surface area contributed by atoms with Crippen LogP contribution in [-0.4, -0.2) is 14.5 Å². The van der Waals surface area contributed by atoms with Gasteiger partial charge in [0.1, 0.15) is 0 Å². The average Bonchev–Trinajstić information content (AvgIpc) is 2.49. The van der Waals surface area contributed by atoms with E-state index in [1.54, 1.807) is 17.1 Å². The lowest BCUT2D eigenvalue weighted by Crippen LogP contribution is -2.25. The Bertz CT molecular complexity index is 780. The van der Waals surface area contributed by atoms with Crippen LogP contribution in [-0.2, 0) is 6.42 Å². The van der Waals surface area contributed by atoms with E-state index in [9.17, 15) is 4.79 Å². The van der Waals surface area contributed by atoms with E-state index in [-0.39, 0.29) is 11.6 Å². The zero-order chi connectivity index (χ0) is 13.9. The molecule has 2 aromatic heterocycles. The largest absolute Gasteiger partial charge is 0.295 e. The minimum atomic E-state index is -0.000897. The Balaban J connectivity index is 1.98. The molecule has 0 aliphatic rings. The van der Waals surface area contributed by atoms with Crippen molar-refractivity contribution in [2.24, 2.45) is 0 Å². The van der Waals surface area contributed by atoms with Crippen molar-refractivity contribution in [3.63, 3.8) is 0 Å². The molecule has 0 spiro atoms. The number of aromatic nitrogens is 3. The molecule has 1 atom stereocenters. The Hall–Kier alpha value is -2.49. The molecular formula is C16H15N3O. The number of rotatable bonds is 3. The van der Waals surface area contributed by atoms with Gasteiger partial charge in [0.15, 0.2) is 0 Å². The Labute approximate surface area is 116 Å². The zero-order valence-electron chi connectivity index (χ0n) is 11.2. The second kappa shape index (κ2) is 5.25. The van der Waals surface area contributed by atoms with Crippen LogP contribution in [0.4, 0.5) is 0 Å². The van der Waals surface area contributed by atoms with Crippen LogP contribution in [0.25, 0.3) is 10.9 Å². The smallest absolute Gasteiger partial charge is 0.261 e. The lowest BCUT2D eigenvalue weighted by atomic mass is 10.1. The van der Waals surface area contributed by atoms with Gasteiger partial charge in [0.2, 0.25) is 0 Å². The molecule has 0 bridgehead atoms. The Morgan fingerprint density at radius 2 is 1.90 bits per heavy atom. The molecule has 0 N–H and O–H groups in total. The van der Waals surface area contributed by atoms with Gasteiger partial charge in [-0.15, -0.1) is 0 Å². The van der Waals surface area contributed by atoms with Crippen LogP contribution in [0.15, 0.2) is 59.8 Å². The molecule has 0 aliphatic carbocycles. The zero-order valence-corrected chi connectivity index (χ0v) is 11.2. The van der Waals surface area contributed by atoms with Crippen LogP contribution in [0, 0.1) is 0 Å². The predicted molar refractivity (Wildman–Crippen MR) is 78.7 cm³/mol. The van der Waals surface area contributed by atoms with Crippen LogP contribution >= 0.6 is 0 Å². The van der Waals surface area contributed by atoms with Crippen LogP contribution < -0.4 is 5.56 Å². The van der Waals surface area contributed by atoms with Gasteiger partial charge in [-0.1, -0.05) is 18.2 Å². The van der Waals surface area contributed by atoms with Crippen molar-refractivity contribution in [1.29, 1.82) is 0 Å². The van der Waals surface area contributed by atoms with Gasteiger partial charge in [-0.2, -0.15) is 0 Å². The van der Waals surface area contributed by atoms with E-state index in [0.29, 0.717) is 11.8 Å². The van der Waals surface area contributed by atoms with Crippen molar-refractivity contribution >= 4 is 10.9 Å². The van der Waals surface area contributed by atoms with E-state index in [4.69, 9.17) is 0 Å². The standard InChI is InChI=1S/C16H15N3O/c1-12(10-13-6-4-5-9-17-13)19-11-18-15-8-3-2-7-14(15)16(19)20/h2-9,11-12H,10H2,1H3/t12-/m0/s1. The Morgan fingerprint density at radius 1 is 1.10 bits per heavy atom. The van der Waals surface area contributed by atoms with Gasteiger partial charge in [-0.25, -0.2) is 4.98 Å². The molecule has 0 saturated heterocycles. The summed E-state index contributed by atoms with van der Waals surface area (Å²) in [7, 11) is 0. The highest BCUT2D eigenvalue weighted by Gasteiger charge is 2.10. The number of nitrogens with zero attached hydrogens (tertiary/aromatic N) is 3. The molecule has 0 radical (unpaired) electrons. The number of para-hydroxylation sites is 1. The van der Waals surface area contributed by atoms with E-state index in [0.717, 1.165) is 11.2 Å². The third kappa shape index (κ3) is 2.32. The van der Waals surface area contributed by atoms with Gasteiger partial charge in [-0.05, 0) is 31.2 Å². The Morgan fingerprint density at radius 3 is 2.70 bits per heavy atom. The summed E-state index contributed by atoms with van der Waals surface area (Å²) in [5, 5.41) is 0.655.